The molecule has 2 spiro atoms. The van der Waals surface area contributed by atoms with E-state index in [0.29, 0.717) is 25.7 Å². The molecule has 0 amide bonds. The third-order valence-electron chi connectivity index (χ3n) is 17.6. The van der Waals surface area contributed by atoms with Crippen molar-refractivity contribution in [3.05, 3.63) is 0 Å². The lowest BCUT2D eigenvalue weighted by molar-refractivity contribution is -0.339. The number of rotatable bonds is 7. The van der Waals surface area contributed by atoms with Crippen molar-refractivity contribution in [2.24, 2.45) is 44.8 Å². The molecule has 5 aliphatic carbocycles. The maximum atomic E-state index is 12.2. The van der Waals surface area contributed by atoms with Gasteiger partial charge in [0.05, 0.1) is 48.8 Å². The molecule has 8 rings (SSSR count). The van der Waals surface area contributed by atoms with E-state index >= 15 is 0 Å². The summed E-state index contributed by atoms with van der Waals surface area (Å²) in [5.41, 5.74) is -3.16. The molecule has 8 fully saturated rings. The van der Waals surface area contributed by atoms with Crippen molar-refractivity contribution in [1.29, 1.82) is 0 Å². The van der Waals surface area contributed by atoms with Gasteiger partial charge < -0.3 is 69.6 Å². The van der Waals surface area contributed by atoms with E-state index < -0.39 is 96.8 Å². The molecule has 9 N–H and O–H groups in total. The lowest BCUT2D eigenvalue weighted by Crippen LogP contribution is -2.65. The van der Waals surface area contributed by atoms with Crippen LogP contribution >= 0.6 is 0 Å². The number of hydrogen-bond donors (Lipinski definition) is 9. The maximum absolute atomic E-state index is 12.2. The molecule has 21 atom stereocenters. The summed E-state index contributed by atoms with van der Waals surface area (Å²) in [5.74, 6) is -0.215. The second-order valence-corrected chi connectivity index (χ2v) is 21.1. The van der Waals surface area contributed by atoms with E-state index in [-0.39, 0.29) is 52.1 Å². The van der Waals surface area contributed by atoms with Crippen LogP contribution < -0.4 is 0 Å². The van der Waals surface area contributed by atoms with Gasteiger partial charge in [0.1, 0.15) is 42.7 Å². The van der Waals surface area contributed by atoms with Crippen LogP contribution in [0.25, 0.3) is 0 Å². The fraction of sp³-hybridized carbons (Fsp3) is 1.00. The second-order valence-electron chi connectivity index (χ2n) is 21.1. The Balaban J connectivity index is 1.15. The standard InChI is InChI=1S/C41H68O14/c1-35(2)24(54-33-29(48)26(45)20(44)17-51-33)9-11-41-18-40(41)13-12-37(5)31(39(7)10-8-25(55-39)36(3,4)50)19(43)15-38(37,6)23(40)14-21(32(35)41)52-34-30(49)28(47)27(46)22(16-42)53-34/h19-34,42-50H,8-18H2,1-7H3/t19-,20+,21?,22+,23-,24?,25-,26?,27+,28-,29+,30+,31-,32-,33-,34+,37+,38-,39+,40?,41+/m0/s1. The monoisotopic (exact) mass is 784 g/mol. The zero-order chi connectivity index (χ0) is 40.1. The van der Waals surface area contributed by atoms with Gasteiger partial charge in [0.25, 0.3) is 0 Å². The Morgan fingerprint density at radius 3 is 2.05 bits per heavy atom. The highest BCUT2D eigenvalue weighted by atomic mass is 16.7. The van der Waals surface area contributed by atoms with E-state index in [1.165, 1.54) is 0 Å². The van der Waals surface area contributed by atoms with E-state index in [1.54, 1.807) is 13.8 Å². The highest BCUT2D eigenvalue weighted by molar-refractivity contribution is 5.33. The van der Waals surface area contributed by atoms with Gasteiger partial charge in [0.2, 0.25) is 0 Å². The predicted molar refractivity (Wildman–Crippen MR) is 194 cm³/mol. The van der Waals surface area contributed by atoms with Crippen LogP contribution in [0, 0.1) is 44.8 Å². The Morgan fingerprint density at radius 1 is 0.709 bits per heavy atom. The summed E-state index contributed by atoms with van der Waals surface area (Å²) in [6, 6.07) is 0. The van der Waals surface area contributed by atoms with Gasteiger partial charge >= 0.3 is 0 Å². The van der Waals surface area contributed by atoms with E-state index in [9.17, 15) is 46.0 Å². The number of fused-ring (bicyclic) bond motifs is 2. The van der Waals surface area contributed by atoms with Gasteiger partial charge in [-0.3, -0.25) is 0 Å². The van der Waals surface area contributed by atoms with E-state index in [1.807, 2.05) is 0 Å². The molecule has 4 unspecified atom stereocenters. The minimum Gasteiger partial charge on any atom is -0.394 e. The Labute approximate surface area is 324 Å². The van der Waals surface area contributed by atoms with Crippen molar-refractivity contribution < 1.29 is 69.6 Å². The summed E-state index contributed by atoms with van der Waals surface area (Å²) < 4.78 is 31.9. The molecule has 5 saturated carbocycles. The molecule has 0 bridgehead atoms. The molecule has 3 heterocycles. The summed E-state index contributed by atoms with van der Waals surface area (Å²) >= 11 is 0. The largest absolute Gasteiger partial charge is 0.394 e. The van der Waals surface area contributed by atoms with Crippen molar-refractivity contribution in [1.82, 2.24) is 0 Å². The number of hydrogen-bond acceptors (Lipinski definition) is 14. The first-order chi connectivity index (χ1) is 25.5. The smallest absolute Gasteiger partial charge is 0.186 e. The quantitative estimate of drug-likeness (QED) is 0.162. The molecule has 3 aliphatic heterocycles. The summed E-state index contributed by atoms with van der Waals surface area (Å²) in [6.45, 7) is 13.8. The van der Waals surface area contributed by atoms with Crippen LogP contribution in [0.15, 0.2) is 0 Å². The summed E-state index contributed by atoms with van der Waals surface area (Å²) in [5, 5.41) is 97.2. The molecule has 55 heavy (non-hydrogen) atoms. The van der Waals surface area contributed by atoms with Gasteiger partial charge in [-0.05, 0) is 117 Å². The van der Waals surface area contributed by atoms with Crippen LogP contribution in [0.2, 0.25) is 0 Å². The third kappa shape index (κ3) is 5.70. The molecule has 0 aromatic rings. The van der Waals surface area contributed by atoms with Crippen LogP contribution in [-0.2, 0) is 23.7 Å². The van der Waals surface area contributed by atoms with Gasteiger partial charge in [-0.15, -0.1) is 0 Å². The van der Waals surface area contributed by atoms with Gasteiger partial charge in [0.15, 0.2) is 12.6 Å². The zero-order valence-electron chi connectivity index (χ0n) is 33.6. The Hall–Kier alpha value is -0.560. The van der Waals surface area contributed by atoms with E-state index in [2.05, 4.69) is 34.6 Å². The van der Waals surface area contributed by atoms with Crippen LogP contribution in [0.3, 0.4) is 0 Å². The molecule has 14 heteroatoms. The molecule has 0 aromatic heterocycles. The summed E-state index contributed by atoms with van der Waals surface area (Å²) in [7, 11) is 0. The van der Waals surface area contributed by atoms with Gasteiger partial charge in [-0.25, -0.2) is 0 Å². The second kappa shape index (κ2) is 13.2. The van der Waals surface area contributed by atoms with Crippen molar-refractivity contribution in [3.8, 4) is 0 Å². The number of ether oxygens (including phenoxy) is 5. The highest BCUT2D eigenvalue weighted by Crippen LogP contribution is 2.89. The van der Waals surface area contributed by atoms with Crippen LogP contribution in [-0.4, -0.2) is 150 Å². The third-order valence-corrected chi connectivity index (χ3v) is 17.6. The minimum absolute atomic E-state index is 0.0633. The molecule has 14 nitrogen and oxygen atoms in total. The molecular weight excluding hydrogens is 716 g/mol. The minimum atomic E-state index is -1.60. The van der Waals surface area contributed by atoms with Crippen LogP contribution in [0.1, 0.15) is 106 Å². The lowest BCUT2D eigenvalue weighted by Gasteiger charge is -2.65. The maximum Gasteiger partial charge on any atom is 0.186 e. The van der Waals surface area contributed by atoms with Crippen molar-refractivity contribution in [2.45, 2.75) is 197 Å². The molecule has 0 aromatic carbocycles. The number of aliphatic hydroxyl groups is 9. The van der Waals surface area contributed by atoms with Crippen molar-refractivity contribution in [2.75, 3.05) is 13.2 Å². The van der Waals surface area contributed by atoms with E-state index in [4.69, 9.17) is 23.7 Å². The average molecular weight is 785 g/mol. The van der Waals surface area contributed by atoms with Gasteiger partial charge in [-0.1, -0.05) is 27.7 Å². The fourth-order valence-electron chi connectivity index (χ4n) is 14.9. The van der Waals surface area contributed by atoms with Crippen molar-refractivity contribution in [3.63, 3.8) is 0 Å². The first-order valence-electron chi connectivity index (χ1n) is 20.9. The first-order valence-corrected chi connectivity index (χ1v) is 20.9. The molecular formula is C41H68O14. The normalized spacial score (nSPS) is 58.7. The van der Waals surface area contributed by atoms with Crippen molar-refractivity contribution >= 4 is 0 Å². The van der Waals surface area contributed by atoms with Gasteiger partial charge in [0, 0.05) is 5.92 Å². The SMILES string of the molecule is CC(C)(O)[C@@H]1CC[C@](C)([C@H]2[C@@H](O)C[C@@]3(C)[C@@H]4CC(O[C@@H]5O[C@H](CO)[C@@H](O)[C@H](O)[C@H]5O)[C@H]5C(C)(C)C(O[C@@H]6OC[C@@H](O)C(O)[C@H]6O)CC[C@@]56CC46CC[C@]23C)O1. The molecule has 316 valence electrons. The lowest BCUT2D eigenvalue weighted by atomic mass is 9.41. The Bertz CT molecular complexity index is 1460. The Kier molecular flexibility index (Phi) is 9.90. The van der Waals surface area contributed by atoms with E-state index in [0.717, 1.165) is 32.1 Å². The average Bonchev–Trinajstić information content (AvgIpc) is 3.47. The fourth-order valence-corrected chi connectivity index (χ4v) is 14.9. The number of aliphatic hydroxyl groups excluding tert-OH is 8. The summed E-state index contributed by atoms with van der Waals surface area (Å²) in [4.78, 5) is 0. The molecule has 8 aliphatic rings. The summed E-state index contributed by atoms with van der Waals surface area (Å²) in [6.07, 6.45) is -7.48. The topological polar surface area (TPSA) is 228 Å². The molecule has 3 saturated heterocycles. The van der Waals surface area contributed by atoms with Crippen LogP contribution in [0.5, 0.6) is 0 Å². The highest BCUT2D eigenvalue weighted by Gasteiger charge is 2.85. The first kappa shape index (κ1) is 41.2. The molecule has 0 radical (unpaired) electrons. The zero-order valence-corrected chi connectivity index (χ0v) is 33.6. The Morgan fingerprint density at radius 2 is 1.40 bits per heavy atom. The van der Waals surface area contributed by atoms with Crippen LogP contribution in [0.4, 0.5) is 0 Å². The predicted octanol–water partition coefficient (Wildman–Crippen LogP) is 0.724. The van der Waals surface area contributed by atoms with Gasteiger partial charge in [-0.2, -0.15) is 0 Å².